The molecule has 2 aromatic heterocycles. The molecule has 2 aromatic rings. The van der Waals surface area contributed by atoms with Crippen LogP contribution in [0.2, 0.25) is 0 Å². The maximum Gasteiger partial charge on any atom is 0.317 e. The molecule has 0 aromatic carbocycles. The summed E-state index contributed by atoms with van der Waals surface area (Å²) in [5.74, 6) is 0.746. The number of pyridine rings is 1. The van der Waals surface area contributed by atoms with Crippen LogP contribution in [0.5, 0.6) is 0 Å². The molecule has 0 unspecified atom stereocenters. The van der Waals surface area contributed by atoms with E-state index >= 15 is 0 Å². The molecule has 1 saturated heterocycles. The number of hydrogen-bond donors (Lipinski definition) is 2. The fourth-order valence-electron chi connectivity index (χ4n) is 4.47. The highest BCUT2D eigenvalue weighted by molar-refractivity contribution is 5.93. The lowest BCUT2D eigenvalue weighted by Gasteiger charge is -2.43. The molecule has 2 aliphatic rings. The summed E-state index contributed by atoms with van der Waals surface area (Å²) in [7, 11) is 0. The fraction of sp³-hybridized carbons (Fsp3) is 0.500. The zero-order valence-electron chi connectivity index (χ0n) is 17.4. The number of nitrogens with zero attached hydrogens (tertiary/aromatic N) is 2. The monoisotopic (exact) mass is 412 g/mol. The summed E-state index contributed by atoms with van der Waals surface area (Å²) >= 11 is 0. The third-order valence-electron chi connectivity index (χ3n) is 5.79. The van der Waals surface area contributed by atoms with E-state index in [9.17, 15) is 14.4 Å². The Morgan fingerprint density at radius 3 is 2.77 bits per heavy atom. The van der Waals surface area contributed by atoms with E-state index in [4.69, 9.17) is 4.42 Å². The summed E-state index contributed by atoms with van der Waals surface area (Å²) in [5.41, 5.74) is 0.816. The van der Waals surface area contributed by atoms with E-state index in [1.807, 2.05) is 30.9 Å². The second-order valence-electron chi connectivity index (χ2n) is 8.48. The number of nitrogens with one attached hydrogen (secondary N) is 2. The highest BCUT2D eigenvalue weighted by atomic mass is 16.3. The molecular formula is C22H28N4O4. The number of amides is 3. The average molecular weight is 412 g/mol. The van der Waals surface area contributed by atoms with Crippen molar-refractivity contribution in [2.45, 2.75) is 45.2 Å². The SMILES string of the molecule is CC(C)NC(=O)N1C[C@@H]2C[C@H](C1)c1ccc(C(=O)NCCc3ccco3)c(=O)n1C2. The zero-order valence-corrected chi connectivity index (χ0v) is 17.4. The number of likely N-dealkylation sites (tertiary alicyclic amines) is 1. The smallest absolute Gasteiger partial charge is 0.317 e. The standard InChI is InChI=1S/C22H28N4O4/c1-14(2)24-22(29)25-11-15-10-16(13-25)19-6-5-18(21(28)26(19)12-15)20(27)23-8-7-17-4-3-9-30-17/h3-6,9,14-16H,7-8,10-13H2,1-2H3,(H,23,27)(H,24,29)/t15-,16+/m0/s1. The first-order chi connectivity index (χ1) is 14.4. The van der Waals surface area contributed by atoms with E-state index in [1.54, 1.807) is 23.0 Å². The first kappa shape index (κ1) is 20.3. The normalized spacial score (nSPS) is 20.0. The van der Waals surface area contributed by atoms with Gasteiger partial charge >= 0.3 is 6.03 Å². The Bertz CT molecular complexity index is 980. The van der Waals surface area contributed by atoms with Gasteiger partial charge in [-0.25, -0.2) is 4.79 Å². The van der Waals surface area contributed by atoms with Gasteiger partial charge in [-0.15, -0.1) is 0 Å². The molecule has 4 heterocycles. The van der Waals surface area contributed by atoms with Crippen molar-refractivity contribution < 1.29 is 14.0 Å². The van der Waals surface area contributed by atoms with Crippen molar-refractivity contribution in [1.29, 1.82) is 0 Å². The van der Waals surface area contributed by atoms with Gasteiger partial charge in [0.05, 0.1) is 6.26 Å². The first-order valence-electron chi connectivity index (χ1n) is 10.5. The lowest BCUT2D eigenvalue weighted by molar-refractivity contribution is 0.0950. The summed E-state index contributed by atoms with van der Waals surface area (Å²) in [6.45, 7) is 6.03. The maximum atomic E-state index is 13.0. The van der Waals surface area contributed by atoms with Crippen LogP contribution in [0.15, 0.2) is 39.7 Å². The second-order valence-corrected chi connectivity index (χ2v) is 8.48. The number of aromatic nitrogens is 1. The Balaban J connectivity index is 1.47. The largest absolute Gasteiger partial charge is 0.469 e. The Morgan fingerprint density at radius 2 is 2.03 bits per heavy atom. The fourth-order valence-corrected chi connectivity index (χ4v) is 4.47. The number of piperidine rings is 1. The number of carbonyl (C=O) groups is 2. The Morgan fingerprint density at radius 1 is 1.20 bits per heavy atom. The van der Waals surface area contributed by atoms with E-state index in [1.165, 1.54) is 0 Å². The summed E-state index contributed by atoms with van der Waals surface area (Å²) in [4.78, 5) is 39.9. The molecule has 160 valence electrons. The molecule has 2 bridgehead atoms. The summed E-state index contributed by atoms with van der Waals surface area (Å²) in [6, 6.07) is 7.17. The number of urea groups is 1. The van der Waals surface area contributed by atoms with Gasteiger partial charge in [-0.1, -0.05) is 0 Å². The van der Waals surface area contributed by atoms with Gasteiger partial charge in [0.25, 0.3) is 11.5 Å². The van der Waals surface area contributed by atoms with Gasteiger partial charge < -0.3 is 24.5 Å². The number of hydrogen-bond acceptors (Lipinski definition) is 4. The maximum absolute atomic E-state index is 13.0. The molecule has 0 spiro atoms. The minimum atomic E-state index is -0.365. The predicted molar refractivity (Wildman–Crippen MR) is 112 cm³/mol. The predicted octanol–water partition coefficient (Wildman–Crippen LogP) is 1.95. The van der Waals surface area contributed by atoms with E-state index < -0.39 is 0 Å². The van der Waals surface area contributed by atoms with E-state index in [-0.39, 0.29) is 40.9 Å². The number of rotatable bonds is 5. The van der Waals surface area contributed by atoms with Crippen LogP contribution < -0.4 is 16.2 Å². The summed E-state index contributed by atoms with van der Waals surface area (Å²) < 4.78 is 6.99. The van der Waals surface area contributed by atoms with Crippen molar-refractivity contribution >= 4 is 11.9 Å². The van der Waals surface area contributed by atoms with Crippen LogP contribution in [-0.2, 0) is 13.0 Å². The third-order valence-corrected chi connectivity index (χ3v) is 5.79. The van der Waals surface area contributed by atoms with Crippen molar-refractivity contribution in [3.8, 4) is 0 Å². The molecular weight excluding hydrogens is 384 g/mol. The van der Waals surface area contributed by atoms with Crippen molar-refractivity contribution in [3.05, 3.63) is 57.9 Å². The molecule has 0 aliphatic carbocycles. The Hall–Kier alpha value is -3.03. The van der Waals surface area contributed by atoms with Gasteiger partial charge in [0.15, 0.2) is 0 Å². The van der Waals surface area contributed by atoms with Crippen molar-refractivity contribution in [3.63, 3.8) is 0 Å². The Labute approximate surface area is 175 Å². The molecule has 1 fully saturated rings. The van der Waals surface area contributed by atoms with E-state index in [0.29, 0.717) is 32.6 Å². The third kappa shape index (κ3) is 4.13. The minimum absolute atomic E-state index is 0.0527. The molecule has 2 atom stereocenters. The molecule has 8 nitrogen and oxygen atoms in total. The first-order valence-corrected chi connectivity index (χ1v) is 10.5. The van der Waals surface area contributed by atoms with Crippen LogP contribution in [0, 0.1) is 5.92 Å². The lowest BCUT2D eigenvalue weighted by atomic mass is 9.83. The summed E-state index contributed by atoms with van der Waals surface area (Å²) in [6.07, 6.45) is 3.13. The molecule has 30 heavy (non-hydrogen) atoms. The van der Waals surface area contributed by atoms with Gasteiger partial charge in [0.1, 0.15) is 11.3 Å². The topological polar surface area (TPSA) is 96.6 Å². The minimum Gasteiger partial charge on any atom is -0.469 e. The van der Waals surface area contributed by atoms with Crippen molar-refractivity contribution in [2.75, 3.05) is 19.6 Å². The van der Waals surface area contributed by atoms with Gasteiger partial charge in [-0.3, -0.25) is 9.59 Å². The van der Waals surface area contributed by atoms with Gasteiger partial charge in [-0.2, -0.15) is 0 Å². The molecule has 2 aliphatic heterocycles. The molecule has 8 heteroatoms. The highest BCUT2D eigenvalue weighted by Crippen LogP contribution is 2.35. The second kappa shape index (κ2) is 8.38. The molecule has 3 amide bonds. The molecule has 0 radical (unpaired) electrons. The van der Waals surface area contributed by atoms with E-state index in [0.717, 1.165) is 17.9 Å². The number of carbonyl (C=O) groups excluding carboxylic acids is 2. The van der Waals surface area contributed by atoms with Crippen molar-refractivity contribution in [2.24, 2.45) is 5.92 Å². The van der Waals surface area contributed by atoms with Gasteiger partial charge in [0.2, 0.25) is 0 Å². The van der Waals surface area contributed by atoms with Crippen LogP contribution in [0.1, 0.15) is 48.0 Å². The molecule has 4 rings (SSSR count). The summed E-state index contributed by atoms with van der Waals surface area (Å²) in [5, 5.41) is 5.75. The van der Waals surface area contributed by atoms with Crippen LogP contribution in [0.3, 0.4) is 0 Å². The lowest BCUT2D eigenvalue weighted by Crippen LogP contribution is -2.53. The Kier molecular flexibility index (Phi) is 5.65. The molecule has 2 N–H and O–H groups in total. The van der Waals surface area contributed by atoms with Crippen LogP contribution in [0.25, 0.3) is 0 Å². The van der Waals surface area contributed by atoms with Crippen LogP contribution in [0.4, 0.5) is 4.79 Å². The van der Waals surface area contributed by atoms with Gasteiger partial charge in [-0.05, 0) is 50.5 Å². The molecule has 0 saturated carbocycles. The number of fused-ring (bicyclic) bond motifs is 4. The van der Waals surface area contributed by atoms with E-state index in [2.05, 4.69) is 10.6 Å². The number of furan rings is 1. The quantitative estimate of drug-likeness (QED) is 0.785. The zero-order chi connectivity index (χ0) is 21.3. The van der Waals surface area contributed by atoms with Gasteiger partial charge in [0, 0.05) is 50.3 Å². The van der Waals surface area contributed by atoms with Crippen LogP contribution in [-0.4, -0.2) is 47.1 Å². The highest BCUT2D eigenvalue weighted by Gasteiger charge is 2.37. The average Bonchev–Trinajstić information content (AvgIpc) is 3.21. The van der Waals surface area contributed by atoms with Crippen molar-refractivity contribution in [1.82, 2.24) is 20.1 Å². The van der Waals surface area contributed by atoms with Crippen LogP contribution >= 0.6 is 0 Å².